The molecule has 2 N–H and O–H groups in total. The van der Waals surface area contributed by atoms with Gasteiger partial charge in [0.15, 0.2) is 0 Å². The van der Waals surface area contributed by atoms with Crippen LogP contribution in [0.2, 0.25) is 0 Å². The number of nitrogens with one attached hydrogen (secondary N) is 2. The quantitative estimate of drug-likeness (QED) is 0.772. The predicted octanol–water partition coefficient (Wildman–Crippen LogP) is 3.25. The Morgan fingerprint density at radius 3 is 2.96 bits per heavy atom. The Morgan fingerprint density at radius 1 is 1.28 bits per heavy atom. The van der Waals surface area contributed by atoms with Crippen molar-refractivity contribution in [3.63, 3.8) is 0 Å². The van der Waals surface area contributed by atoms with E-state index in [9.17, 15) is 4.79 Å². The van der Waals surface area contributed by atoms with Crippen molar-refractivity contribution in [2.24, 2.45) is 0 Å². The first-order chi connectivity index (χ1) is 12.1. The summed E-state index contributed by atoms with van der Waals surface area (Å²) in [6.07, 6.45) is 5.98. The van der Waals surface area contributed by atoms with Crippen LogP contribution in [0.1, 0.15) is 41.3 Å². The van der Waals surface area contributed by atoms with Crippen LogP contribution in [0.4, 0.5) is 0 Å². The minimum atomic E-state index is 0.0274. The number of likely N-dealkylation sites (tertiary alicyclic amines) is 1. The SMILES string of the molecule is Cc1cc(C)c2[nH]c(=O)c(CN3CCCC(c4ncc[nH]4)C3)cc2c1. The van der Waals surface area contributed by atoms with Gasteiger partial charge in [-0.2, -0.15) is 0 Å². The summed E-state index contributed by atoms with van der Waals surface area (Å²) in [5, 5.41) is 1.12. The lowest BCUT2D eigenvalue weighted by Crippen LogP contribution is -2.35. The first-order valence-electron chi connectivity index (χ1n) is 8.95. The third kappa shape index (κ3) is 3.24. The predicted molar refractivity (Wildman–Crippen MR) is 99.9 cm³/mol. The number of pyridine rings is 1. The number of aromatic amines is 2. The molecule has 3 heterocycles. The van der Waals surface area contributed by atoms with Gasteiger partial charge in [0.05, 0.1) is 5.52 Å². The molecule has 0 spiro atoms. The Labute approximate surface area is 147 Å². The maximum absolute atomic E-state index is 12.6. The van der Waals surface area contributed by atoms with Crippen LogP contribution < -0.4 is 5.56 Å². The molecule has 1 saturated heterocycles. The van der Waals surface area contributed by atoms with E-state index in [0.29, 0.717) is 12.5 Å². The van der Waals surface area contributed by atoms with Gasteiger partial charge in [0.25, 0.3) is 5.56 Å². The molecule has 1 aliphatic rings. The third-order valence-electron chi connectivity index (χ3n) is 5.18. The van der Waals surface area contributed by atoms with E-state index < -0.39 is 0 Å². The number of hydrogen-bond donors (Lipinski definition) is 2. The average Bonchev–Trinajstić information content (AvgIpc) is 3.11. The number of imidazole rings is 1. The number of aromatic nitrogens is 3. The molecule has 0 bridgehead atoms. The molecule has 5 nitrogen and oxygen atoms in total. The summed E-state index contributed by atoms with van der Waals surface area (Å²) < 4.78 is 0. The van der Waals surface area contributed by atoms with Crippen molar-refractivity contribution in [1.29, 1.82) is 0 Å². The van der Waals surface area contributed by atoms with Gasteiger partial charge in [0, 0.05) is 37.0 Å². The lowest BCUT2D eigenvalue weighted by atomic mass is 9.97. The third-order valence-corrected chi connectivity index (χ3v) is 5.18. The maximum atomic E-state index is 12.6. The van der Waals surface area contributed by atoms with Gasteiger partial charge in [-0.25, -0.2) is 4.98 Å². The van der Waals surface area contributed by atoms with Gasteiger partial charge in [0.1, 0.15) is 5.82 Å². The average molecular weight is 336 g/mol. The molecule has 0 amide bonds. The van der Waals surface area contributed by atoms with Crippen LogP contribution >= 0.6 is 0 Å². The van der Waals surface area contributed by atoms with E-state index in [0.717, 1.165) is 53.8 Å². The van der Waals surface area contributed by atoms with Crippen LogP contribution in [0, 0.1) is 13.8 Å². The molecular formula is C20H24N4O. The monoisotopic (exact) mass is 336 g/mol. The molecule has 4 rings (SSSR count). The zero-order chi connectivity index (χ0) is 17.4. The second-order valence-corrected chi connectivity index (χ2v) is 7.22. The van der Waals surface area contributed by atoms with Gasteiger partial charge in [0.2, 0.25) is 0 Å². The van der Waals surface area contributed by atoms with Crippen LogP contribution in [0.15, 0.2) is 35.4 Å². The van der Waals surface area contributed by atoms with Crippen LogP contribution in [0.25, 0.3) is 10.9 Å². The first kappa shape index (κ1) is 16.1. The molecule has 0 aliphatic carbocycles. The van der Waals surface area contributed by atoms with Crippen LogP contribution in [-0.4, -0.2) is 32.9 Å². The topological polar surface area (TPSA) is 64.8 Å². The summed E-state index contributed by atoms with van der Waals surface area (Å²) >= 11 is 0. The number of hydrogen-bond acceptors (Lipinski definition) is 3. The number of aryl methyl sites for hydroxylation is 2. The molecule has 25 heavy (non-hydrogen) atoms. The highest BCUT2D eigenvalue weighted by Crippen LogP contribution is 2.25. The van der Waals surface area contributed by atoms with Crippen LogP contribution in [0.3, 0.4) is 0 Å². The molecule has 1 fully saturated rings. The van der Waals surface area contributed by atoms with Crippen molar-refractivity contribution in [2.45, 2.75) is 39.2 Å². The highest BCUT2D eigenvalue weighted by molar-refractivity contribution is 5.82. The molecule has 3 aromatic rings. The lowest BCUT2D eigenvalue weighted by molar-refractivity contribution is 0.196. The molecule has 1 atom stereocenters. The maximum Gasteiger partial charge on any atom is 0.252 e. The molecule has 1 aliphatic heterocycles. The highest BCUT2D eigenvalue weighted by atomic mass is 16.1. The number of piperidine rings is 1. The highest BCUT2D eigenvalue weighted by Gasteiger charge is 2.23. The second-order valence-electron chi connectivity index (χ2n) is 7.22. The summed E-state index contributed by atoms with van der Waals surface area (Å²) in [7, 11) is 0. The van der Waals surface area contributed by atoms with Gasteiger partial charge in [-0.05, 0) is 56.3 Å². The van der Waals surface area contributed by atoms with E-state index in [1.54, 1.807) is 0 Å². The Bertz CT molecular complexity index is 942. The van der Waals surface area contributed by atoms with Gasteiger partial charge >= 0.3 is 0 Å². The zero-order valence-electron chi connectivity index (χ0n) is 14.8. The van der Waals surface area contributed by atoms with Crippen LogP contribution in [-0.2, 0) is 6.54 Å². The van der Waals surface area contributed by atoms with Crippen molar-refractivity contribution < 1.29 is 0 Å². The Hall–Kier alpha value is -2.40. The second kappa shape index (κ2) is 6.48. The number of H-pyrrole nitrogens is 2. The summed E-state index contributed by atoms with van der Waals surface area (Å²) in [6, 6.07) is 6.31. The minimum absolute atomic E-state index is 0.0274. The van der Waals surface area contributed by atoms with Crippen molar-refractivity contribution in [1.82, 2.24) is 19.9 Å². The molecule has 2 aromatic heterocycles. The fraction of sp³-hybridized carbons (Fsp3) is 0.400. The summed E-state index contributed by atoms with van der Waals surface area (Å²) in [5.41, 5.74) is 4.16. The lowest BCUT2D eigenvalue weighted by Gasteiger charge is -2.31. The normalized spacial score (nSPS) is 18.7. The van der Waals surface area contributed by atoms with E-state index in [2.05, 4.69) is 45.0 Å². The summed E-state index contributed by atoms with van der Waals surface area (Å²) in [6.45, 7) is 6.80. The largest absolute Gasteiger partial charge is 0.348 e. The van der Waals surface area contributed by atoms with E-state index in [-0.39, 0.29) is 5.56 Å². The van der Waals surface area contributed by atoms with Crippen molar-refractivity contribution >= 4 is 10.9 Å². The first-order valence-corrected chi connectivity index (χ1v) is 8.95. The van der Waals surface area contributed by atoms with E-state index in [1.165, 1.54) is 5.56 Å². The van der Waals surface area contributed by atoms with Crippen molar-refractivity contribution in [3.8, 4) is 0 Å². The summed E-state index contributed by atoms with van der Waals surface area (Å²) in [5.74, 6) is 1.48. The Kier molecular flexibility index (Phi) is 4.17. The van der Waals surface area contributed by atoms with Crippen molar-refractivity contribution in [2.75, 3.05) is 13.1 Å². The fourth-order valence-corrected chi connectivity index (χ4v) is 4.01. The smallest absolute Gasteiger partial charge is 0.252 e. The number of nitrogens with zero attached hydrogens (tertiary/aromatic N) is 2. The van der Waals surface area contributed by atoms with E-state index in [1.807, 2.05) is 19.3 Å². The van der Waals surface area contributed by atoms with Crippen LogP contribution in [0.5, 0.6) is 0 Å². The number of benzene rings is 1. The van der Waals surface area contributed by atoms with E-state index in [4.69, 9.17) is 0 Å². The van der Waals surface area contributed by atoms with Gasteiger partial charge in [-0.1, -0.05) is 11.6 Å². The zero-order valence-corrected chi connectivity index (χ0v) is 14.8. The molecular weight excluding hydrogens is 312 g/mol. The number of fused-ring (bicyclic) bond motifs is 1. The molecule has 5 heteroatoms. The van der Waals surface area contributed by atoms with Gasteiger partial charge in [-0.15, -0.1) is 0 Å². The van der Waals surface area contributed by atoms with E-state index >= 15 is 0 Å². The molecule has 1 aromatic carbocycles. The van der Waals surface area contributed by atoms with Crippen molar-refractivity contribution in [3.05, 3.63) is 63.5 Å². The fourth-order valence-electron chi connectivity index (χ4n) is 4.01. The standard InChI is InChI=1S/C20H24N4O/c1-13-8-14(2)18-16(9-13)10-17(20(25)23-18)12-24-7-3-4-15(11-24)19-21-5-6-22-19/h5-6,8-10,15H,3-4,7,11-12H2,1-2H3,(H,21,22)(H,23,25). The molecule has 0 radical (unpaired) electrons. The number of rotatable bonds is 3. The van der Waals surface area contributed by atoms with Gasteiger partial charge in [-0.3, -0.25) is 9.69 Å². The molecule has 1 unspecified atom stereocenters. The minimum Gasteiger partial charge on any atom is -0.348 e. The summed E-state index contributed by atoms with van der Waals surface area (Å²) in [4.78, 5) is 25.6. The van der Waals surface area contributed by atoms with Gasteiger partial charge < -0.3 is 9.97 Å². The molecule has 130 valence electrons. The molecule has 0 saturated carbocycles. The Balaban J connectivity index is 1.60. The Morgan fingerprint density at radius 2 is 2.16 bits per heavy atom.